The van der Waals surface area contributed by atoms with Gasteiger partial charge in [0.2, 0.25) is 17.7 Å². The molecule has 0 aromatic heterocycles. The SMILES string of the molecule is CC(N)C(=O)NC(Cc1ccccc1)C(=O)NC(CC(=O)O)C(=O)NC(C(=O)O)C(C)C. The first-order chi connectivity index (χ1) is 14.9. The zero-order valence-corrected chi connectivity index (χ0v) is 18.2. The van der Waals surface area contributed by atoms with Gasteiger partial charge in [-0.1, -0.05) is 44.2 Å². The van der Waals surface area contributed by atoms with Crippen molar-refractivity contribution in [2.75, 3.05) is 0 Å². The first-order valence-electron chi connectivity index (χ1n) is 10.1. The average Bonchev–Trinajstić information content (AvgIpc) is 2.70. The third-order valence-electron chi connectivity index (χ3n) is 4.57. The van der Waals surface area contributed by atoms with E-state index in [-0.39, 0.29) is 6.42 Å². The molecule has 0 aliphatic heterocycles. The van der Waals surface area contributed by atoms with Crippen molar-refractivity contribution in [3.63, 3.8) is 0 Å². The van der Waals surface area contributed by atoms with Crippen LogP contribution in [0.5, 0.6) is 0 Å². The van der Waals surface area contributed by atoms with E-state index in [9.17, 15) is 29.1 Å². The summed E-state index contributed by atoms with van der Waals surface area (Å²) in [4.78, 5) is 60.2. The maximum Gasteiger partial charge on any atom is 0.326 e. The number of nitrogens with two attached hydrogens (primary N) is 1. The highest BCUT2D eigenvalue weighted by atomic mass is 16.4. The van der Waals surface area contributed by atoms with Crippen LogP contribution in [-0.2, 0) is 30.4 Å². The van der Waals surface area contributed by atoms with Gasteiger partial charge in [0.15, 0.2) is 0 Å². The van der Waals surface area contributed by atoms with Crippen molar-refractivity contribution in [1.29, 1.82) is 0 Å². The third kappa shape index (κ3) is 8.72. The van der Waals surface area contributed by atoms with E-state index in [0.717, 1.165) is 0 Å². The van der Waals surface area contributed by atoms with Crippen LogP contribution in [0, 0.1) is 5.92 Å². The molecule has 0 fully saturated rings. The van der Waals surface area contributed by atoms with E-state index in [1.807, 2.05) is 0 Å². The predicted octanol–water partition coefficient (Wildman–Crippen LogP) is -0.754. The average molecular weight is 450 g/mol. The quantitative estimate of drug-likeness (QED) is 0.240. The van der Waals surface area contributed by atoms with Gasteiger partial charge in [-0.15, -0.1) is 0 Å². The van der Waals surface area contributed by atoms with Gasteiger partial charge in [-0.3, -0.25) is 19.2 Å². The number of nitrogens with one attached hydrogen (secondary N) is 3. The molecule has 1 aromatic carbocycles. The van der Waals surface area contributed by atoms with E-state index >= 15 is 0 Å². The Morgan fingerprint density at radius 1 is 0.844 bits per heavy atom. The lowest BCUT2D eigenvalue weighted by atomic mass is 10.0. The van der Waals surface area contributed by atoms with Crippen molar-refractivity contribution >= 4 is 29.7 Å². The third-order valence-corrected chi connectivity index (χ3v) is 4.57. The maximum absolute atomic E-state index is 12.9. The topological polar surface area (TPSA) is 188 Å². The number of hydrogen-bond acceptors (Lipinski definition) is 6. The number of carboxylic acid groups (broad SMARTS) is 2. The van der Waals surface area contributed by atoms with Gasteiger partial charge in [-0.25, -0.2) is 4.79 Å². The Labute approximate surface area is 185 Å². The van der Waals surface area contributed by atoms with E-state index in [1.165, 1.54) is 6.92 Å². The second-order valence-corrected chi connectivity index (χ2v) is 7.77. The molecule has 0 aliphatic rings. The van der Waals surface area contributed by atoms with Crippen molar-refractivity contribution in [2.45, 2.75) is 57.8 Å². The Hall–Kier alpha value is -3.47. The van der Waals surface area contributed by atoms with Crippen molar-refractivity contribution in [2.24, 2.45) is 11.7 Å². The Kier molecular flexibility index (Phi) is 10.3. The van der Waals surface area contributed by atoms with Gasteiger partial charge >= 0.3 is 11.9 Å². The summed E-state index contributed by atoms with van der Waals surface area (Å²) in [5, 5.41) is 25.5. The van der Waals surface area contributed by atoms with Crippen LogP contribution in [0.15, 0.2) is 30.3 Å². The molecule has 0 spiro atoms. The number of carbonyl (C=O) groups excluding carboxylic acids is 3. The van der Waals surface area contributed by atoms with Crippen LogP contribution < -0.4 is 21.7 Å². The second-order valence-electron chi connectivity index (χ2n) is 7.77. The molecular formula is C21H30N4O7. The molecule has 4 atom stereocenters. The fraction of sp³-hybridized carbons (Fsp3) is 0.476. The first-order valence-corrected chi connectivity index (χ1v) is 10.1. The van der Waals surface area contributed by atoms with Gasteiger partial charge in [0.05, 0.1) is 12.5 Å². The number of carbonyl (C=O) groups is 5. The monoisotopic (exact) mass is 450 g/mol. The molecule has 32 heavy (non-hydrogen) atoms. The highest BCUT2D eigenvalue weighted by molar-refractivity contribution is 5.95. The van der Waals surface area contributed by atoms with E-state index in [4.69, 9.17) is 10.8 Å². The summed E-state index contributed by atoms with van der Waals surface area (Å²) in [6.07, 6.45) is -0.711. The Bertz CT molecular complexity index is 827. The van der Waals surface area contributed by atoms with Crippen molar-refractivity contribution < 1.29 is 34.2 Å². The lowest BCUT2D eigenvalue weighted by Crippen LogP contribution is -2.58. The number of aliphatic carboxylic acids is 2. The van der Waals surface area contributed by atoms with Crippen LogP contribution >= 0.6 is 0 Å². The molecule has 4 unspecified atom stereocenters. The van der Waals surface area contributed by atoms with E-state index in [0.29, 0.717) is 5.56 Å². The molecule has 176 valence electrons. The molecule has 0 saturated carbocycles. The summed E-state index contributed by atoms with van der Waals surface area (Å²) in [6.45, 7) is 4.58. The summed E-state index contributed by atoms with van der Waals surface area (Å²) in [5.74, 6) is -5.51. The summed E-state index contributed by atoms with van der Waals surface area (Å²) >= 11 is 0. The zero-order chi connectivity index (χ0) is 24.4. The lowest BCUT2D eigenvalue weighted by molar-refractivity contribution is -0.144. The molecule has 1 aromatic rings. The molecular weight excluding hydrogens is 420 g/mol. The molecule has 1 rings (SSSR count). The van der Waals surface area contributed by atoms with Gasteiger partial charge in [-0.2, -0.15) is 0 Å². The maximum atomic E-state index is 12.9. The minimum absolute atomic E-state index is 0.0658. The van der Waals surface area contributed by atoms with Crippen molar-refractivity contribution in [1.82, 2.24) is 16.0 Å². The molecule has 3 amide bonds. The molecule has 0 heterocycles. The first kappa shape index (κ1) is 26.6. The summed E-state index contributed by atoms with van der Waals surface area (Å²) in [5.41, 5.74) is 6.27. The number of amides is 3. The standard InChI is InChI=1S/C21H30N4O7/c1-11(2)17(21(31)32)25-20(30)15(10-16(26)27)24-19(29)14(23-18(28)12(3)22)9-13-7-5-4-6-8-13/h4-8,11-12,14-15,17H,9-10,22H2,1-3H3,(H,23,28)(H,24,29)(H,25,30)(H,26,27)(H,31,32). The van der Waals surface area contributed by atoms with Gasteiger partial charge in [0, 0.05) is 6.42 Å². The number of hydrogen-bond donors (Lipinski definition) is 6. The summed E-state index contributed by atoms with van der Waals surface area (Å²) in [6, 6.07) is 3.88. The van der Waals surface area contributed by atoms with Gasteiger partial charge in [0.1, 0.15) is 18.1 Å². The Balaban J connectivity index is 3.07. The molecule has 7 N–H and O–H groups in total. The largest absolute Gasteiger partial charge is 0.481 e. The molecule has 11 heteroatoms. The van der Waals surface area contributed by atoms with Crippen LogP contribution in [0.1, 0.15) is 32.8 Å². The molecule has 11 nitrogen and oxygen atoms in total. The summed E-state index contributed by atoms with van der Waals surface area (Å²) in [7, 11) is 0. The van der Waals surface area contributed by atoms with Crippen LogP contribution in [0.3, 0.4) is 0 Å². The van der Waals surface area contributed by atoms with Crippen LogP contribution in [-0.4, -0.2) is 64.0 Å². The summed E-state index contributed by atoms with van der Waals surface area (Å²) < 4.78 is 0. The lowest BCUT2D eigenvalue weighted by Gasteiger charge is -2.25. The van der Waals surface area contributed by atoms with Gasteiger partial charge in [0.25, 0.3) is 0 Å². The molecule has 0 saturated heterocycles. The predicted molar refractivity (Wildman–Crippen MR) is 114 cm³/mol. The van der Waals surface area contributed by atoms with Crippen molar-refractivity contribution in [3.05, 3.63) is 35.9 Å². The van der Waals surface area contributed by atoms with E-state index < -0.39 is 66.2 Å². The molecule has 0 aliphatic carbocycles. The normalized spacial score (nSPS) is 14.5. The molecule has 0 bridgehead atoms. The second kappa shape index (κ2) is 12.4. The van der Waals surface area contributed by atoms with Crippen molar-refractivity contribution in [3.8, 4) is 0 Å². The Morgan fingerprint density at radius 2 is 1.38 bits per heavy atom. The minimum Gasteiger partial charge on any atom is -0.481 e. The van der Waals surface area contributed by atoms with Crippen LogP contribution in [0.25, 0.3) is 0 Å². The minimum atomic E-state index is -1.55. The Morgan fingerprint density at radius 3 is 1.84 bits per heavy atom. The number of carboxylic acids is 2. The van der Waals surface area contributed by atoms with Gasteiger partial charge < -0.3 is 31.9 Å². The number of benzene rings is 1. The number of rotatable bonds is 12. The fourth-order valence-corrected chi connectivity index (χ4v) is 2.79. The zero-order valence-electron chi connectivity index (χ0n) is 18.2. The highest BCUT2D eigenvalue weighted by Gasteiger charge is 2.32. The van der Waals surface area contributed by atoms with Crippen LogP contribution in [0.2, 0.25) is 0 Å². The van der Waals surface area contributed by atoms with Gasteiger partial charge in [-0.05, 0) is 18.4 Å². The molecule has 0 radical (unpaired) electrons. The van der Waals surface area contributed by atoms with E-state index in [2.05, 4.69) is 16.0 Å². The highest BCUT2D eigenvalue weighted by Crippen LogP contribution is 2.07. The van der Waals surface area contributed by atoms with E-state index in [1.54, 1.807) is 44.2 Å². The smallest absolute Gasteiger partial charge is 0.326 e. The van der Waals surface area contributed by atoms with Crippen LogP contribution in [0.4, 0.5) is 0 Å². The fourth-order valence-electron chi connectivity index (χ4n) is 2.79.